The highest BCUT2D eigenvalue weighted by Crippen LogP contribution is 2.26. The third-order valence-electron chi connectivity index (χ3n) is 3.90. The molecule has 3 heterocycles. The summed E-state index contributed by atoms with van der Waals surface area (Å²) in [6, 6.07) is 1.07. The predicted octanol–water partition coefficient (Wildman–Crippen LogP) is 2.37. The smallest absolute Gasteiger partial charge is 0.324 e. The zero-order valence-corrected chi connectivity index (χ0v) is 12.3. The van der Waals surface area contributed by atoms with E-state index >= 15 is 0 Å². The summed E-state index contributed by atoms with van der Waals surface area (Å²) in [5, 5.41) is 4.06. The standard InChI is InChI=1S/C14H21N5O/c1-10(2)13-16-14(20-17-13)19-7-4-5-12(19)9-18-8-6-15-11(18)3/h6,8,10,12H,4-5,7,9H2,1-3H3/t12-/m1/s1. The minimum absolute atomic E-state index is 0.296. The number of aryl methyl sites for hydroxylation is 1. The van der Waals surface area contributed by atoms with Gasteiger partial charge in [0.25, 0.3) is 0 Å². The molecule has 0 radical (unpaired) electrons. The van der Waals surface area contributed by atoms with Crippen LogP contribution in [-0.4, -0.2) is 32.3 Å². The Hall–Kier alpha value is -1.85. The van der Waals surface area contributed by atoms with Gasteiger partial charge in [0.2, 0.25) is 0 Å². The molecule has 6 nitrogen and oxygen atoms in total. The molecule has 1 fully saturated rings. The van der Waals surface area contributed by atoms with E-state index in [0.717, 1.165) is 37.6 Å². The molecule has 0 N–H and O–H groups in total. The van der Waals surface area contributed by atoms with Crippen molar-refractivity contribution in [2.45, 2.75) is 52.1 Å². The number of imidazole rings is 1. The van der Waals surface area contributed by atoms with Gasteiger partial charge in [-0.05, 0) is 19.8 Å². The van der Waals surface area contributed by atoms with E-state index < -0.39 is 0 Å². The van der Waals surface area contributed by atoms with Gasteiger partial charge in [-0.3, -0.25) is 0 Å². The van der Waals surface area contributed by atoms with Crippen LogP contribution in [0.25, 0.3) is 0 Å². The van der Waals surface area contributed by atoms with Gasteiger partial charge in [0.1, 0.15) is 5.82 Å². The summed E-state index contributed by atoms with van der Waals surface area (Å²) < 4.78 is 7.61. The summed E-state index contributed by atoms with van der Waals surface area (Å²) in [6.07, 6.45) is 6.19. The summed E-state index contributed by atoms with van der Waals surface area (Å²) in [5.41, 5.74) is 0. The largest absolute Gasteiger partial charge is 0.333 e. The molecule has 0 amide bonds. The molecule has 2 aromatic rings. The lowest BCUT2D eigenvalue weighted by Crippen LogP contribution is -2.33. The number of rotatable bonds is 4. The molecule has 3 rings (SSSR count). The molecule has 0 aromatic carbocycles. The third kappa shape index (κ3) is 2.42. The van der Waals surface area contributed by atoms with Crippen LogP contribution in [0.3, 0.4) is 0 Å². The summed E-state index contributed by atoms with van der Waals surface area (Å²) in [4.78, 5) is 11.0. The van der Waals surface area contributed by atoms with Gasteiger partial charge >= 0.3 is 6.01 Å². The summed E-state index contributed by atoms with van der Waals surface area (Å²) in [7, 11) is 0. The molecule has 1 aliphatic heterocycles. The highest BCUT2D eigenvalue weighted by molar-refractivity contribution is 5.29. The molecule has 0 spiro atoms. The Kier molecular flexibility index (Phi) is 3.46. The van der Waals surface area contributed by atoms with Crippen LogP contribution in [0.2, 0.25) is 0 Å². The first-order chi connectivity index (χ1) is 9.65. The second-order valence-electron chi connectivity index (χ2n) is 5.71. The third-order valence-corrected chi connectivity index (χ3v) is 3.90. The predicted molar refractivity (Wildman–Crippen MR) is 75.7 cm³/mol. The van der Waals surface area contributed by atoms with E-state index in [2.05, 4.69) is 38.4 Å². The Labute approximate surface area is 118 Å². The summed E-state index contributed by atoms with van der Waals surface area (Å²) >= 11 is 0. The molecule has 2 aromatic heterocycles. The second kappa shape index (κ2) is 5.26. The van der Waals surface area contributed by atoms with Gasteiger partial charge in [0.15, 0.2) is 5.82 Å². The monoisotopic (exact) mass is 275 g/mol. The van der Waals surface area contributed by atoms with Crippen LogP contribution in [0.5, 0.6) is 0 Å². The van der Waals surface area contributed by atoms with E-state index in [4.69, 9.17) is 4.52 Å². The van der Waals surface area contributed by atoms with Gasteiger partial charge in [0, 0.05) is 31.4 Å². The van der Waals surface area contributed by atoms with Crippen molar-refractivity contribution in [1.29, 1.82) is 0 Å². The van der Waals surface area contributed by atoms with Crippen molar-refractivity contribution in [2.75, 3.05) is 11.4 Å². The lowest BCUT2D eigenvalue weighted by atomic mass is 10.2. The van der Waals surface area contributed by atoms with Crippen LogP contribution in [0.1, 0.15) is 44.3 Å². The molecule has 0 unspecified atom stereocenters. The Morgan fingerprint density at radius 1 is 1.45 bits per heavy atom. The van der Waals surface area contributed by atoms with Gasteiger partial charge in [-0.25, -0.2) is 4.98 Å². The molecule has 1 saturated heterocycles. The van der Waals surface area contributed by atoms with Gasteiger partial charge in [-0.15, -0.1) is 0 Å². The average Bonchev–Trinajstić information content (AvgIpc) is 3.11. The first-order valence-electron chi connectivity index (χ1n) is 7.23. The van der Waals surface area contributed by atoms with Gasteiger partial charge in [0.05, 0.1) is 6.04 Å². The second-order valence-corrected chi connectivity index (χ2v) is 5.71. The molecule has 0 aliphatic carbocycles. The van der Waals surface area contributed by atoms with Crippen molar-refractivity contribution in [3.05, 3.63) is 24.0 Å². The molecule has 108 valence electrons. The molecule has 1 atom stereocenters. The molecule has 6 heteroatoms. The number of aromatic nitrogens is 4. The van der Waals surface area contributed by atoms with Crippen molar-refractivity contribution in [1.82, 2.24) is 19.7 Å². The van der Waals surface area contributed by atoms with Crippen molar-refractivity contribution >= 4 is 6.01 Å². The van der Waals surface area contributed by atoms with E-state index in [-0.39, 0.29) is 0 Å². The maximum atomic E-state index is 5.43. The lowest BCUT2D eigenvalue weighted by molar-refractivity contribution is 0.394. The minimum atomic E-state index is 0.296. The van der Waals surface area contributed by atoms with E-state index in [9.17, 15) is 0 Å². The van der Waals surface area contributed by atoms with Gasteiger partial charge in [-0.2, -0.15) is 4.98 Å². The SMILES string of the molecule is Cc1nccn1C[C@H]1CCCN1c1nc(C(C)C)no1. The zero-order chi connectivity index (χ0) is 14.1. The Morgan fingerprint density at radius 3 is 2.95 bits per heavy atom. The Morgan fingerprint density at radius 2 is 2.30 bits per heavy atom. The number of anilines is 1. The molecular weight excluding hydrogens is 254 g/mol. The van der Waals surface area contributed by atoms with Crippen LogP contribution < -0.4 is 4.90 Å². The highest BCUT2D eigenvalue weighted by Gasteiger charge is 2.29. The van der Waals surface area contributed by atoms with Crippen LogP contribution >= 0.6 is 0 Å². The van der Waals surface area contributed by atoms with Crippen molar-refractivity contribution in [3.8, 4) is 0 Å². The van der Waals surface area contributed by atoms with E-state index in [1.807, 2.05) is 19.3 Å². The normalized spacial score (nSPS) is 19.2. The maximum Gasteiger partial charge on any atom is 0.324 e. The van der Waals surface area contributed by atoms with Gasteiger partial charge in [-0.1, -0.05) is 19.0 Å². The molecule has 0 saturated carbocycles. The lowest BCUT2D eigenvalue weighted by Gasteiger charge is -2.23. The van der Waals surface area contributed by atoms with Crippen LogP contribution in [0, 0.1) is 6.92 Å². The van der Waals surface area contributed by atoms with E-state index in [1.165, 1.54) is 0 Å². The number of nitrogens with zero attached hydrogens (tertiary/aromatic N) is 5. The summed E-state index contributed by atoms with van der Waals surface area (Å²) in [5.74, 6) is 2.12. The fourth-order valence-corrected chi connectivity index (χ4v) is 2.68. The molecule has 0 bridgehead atoms. The van der Waals surface area contributed by atoms with E-state index in [1.54, 1.807) is 0 Å². The van der Waals surface area contributed by atoms with Crippen molar-refractivity contribution in [3.63, 3.8) is 0 Å². The number of hydrogen-bond acceptors (Lipinski definition) is 5. The minimum Gasteiger partial charge on any atom is -0.333 e. The Balaban J connectivity index is 1.76. The Bertz CT molecular complexity index is 574. The highest BCUT2D eigenvalue weighted by atomic mass is 16.5. The average molecular weight is 275 g/mol. The first-order valence-corrected chi connectivity index (χ1v) is 7.23. The molecule has 1 aliphatic rings. The summed E-state index contributed by atoms with van der Waals surface area (Å²) in [6.45, 7) is 8.09. The quantitative estimate of drug-likeness (QED) is 0.857. The molecule has 20 heavy (non-hydrogen) atoms. The number of hydrogen-bond donors (Lipinski definition) is 0. The zero-order valence-electron chi connectivity index (χ0n) is 12.3. The first kappa shape index (κ1) is 13.1. The molecular formula is C14H21N5O. The fourth-order valence-electron chi connectivity index (χ4n) is 2.68. The van der Waals surface area contributed by atoms with Crippen LogP contribution in [0.4, 0.5) is 6.01 Å². The maximum absolute atomic E-state index is 5.43. The van der Waals surface area contributed by atoms with Crippen LogP contribution in [-0.2, 0) is 6.54 Å². The fraction of sp³-hybridized carbons (Fsp3) is 0.643. The van der Waals surface area contributed by atoms with Gasteiger partial charge < -0.3 is 14.0 Å². The van der Waals surface area contributed by atoms with E-state index in [0.29, 0.717) is 18.0 Å². The van der Waals surface area contributed by atoms with Crippen LogP contribution in [0.15, 0.2) is 16.9 Å². The van der Waals surface area contributed by atoms with Crippen molar-refractivity contribution in [2.24, 2.45) is 0 Å². The topological polar surface area (TPSA) is 60.0 Å². The van der Waals surface area contributed by atoms with Crippen molar-refractivity contribution < 1.29 is 4.52 Å².